The van der Waals surface area contributed by atoms with E-state index < -0.39 is 0 Å². The van der Waals surface area contributed by atoms with Crippen molar-refractivity contribution in [3.8, 4) is 0 Å². The van der Waals surface area contributed by atoms with Crippen LogP contribution in [0.3, 0.4) is 0 Å². The fourth-order valence-electron chi connectivity index (χ4n) is 1.59. The third-order valence-electron chi connectivity index (χ3n) is 2.61. The van der Waals surface area contributed by atoms with E-state index in [-0.39, 0.29) is 5.54 Å². The van der Waals surface area contributed by atoms with E-state index >= 15 is 0 Å². The molecule has 0 aliphatic carbocycles. The first-order chi connectivity index (χ1) is 7.03. The zero-order chi connectivity index (χ0) is 11.3. The van der Waals surface area contributed by atoms with Crippen molar-refractivity contribution in [2.45, 2.75) is 32.4 Å². The summed E-state index contributed by atoms with van der Waals surface area (Å²) in [6.07, 6.45) is 4.68. The molecule has 1 atom stereocenters. The van der Waals surface area contributed by atoms with E-state index in [4.69, 9.17) is 5.73 Å². The minimum atomic E-state index is -0.100. The van der Waals surface area contributed by atoms with E-state index in [1.165, 1.54) is 5.56 Å². The number of aromatic nitrogens is 1. The van der Waals surface area contributed by atoms with E-state index in [9.17, 15) is 0 Å². The van der Waals surface area contributed by atoms with Gasteiger partial charge in [-0.05, 0) is 32.0 Å². The Hall–Kier alpha value is -0.930. The highest BCUT2D eigenvalue weighted by molar-refractivity contribution is 5.08. The van der Waals surface area contributed by atoms with Gasteiger partial charge in [0.1, 0.15) is 0 Å². The van der Waals surface area contributed by atoms with Gasteiger partial charge in [-0.2, -0.15) is 0 Å². The van der Waals surface area contributed by atoms with Gasteiger partial charge in [0.2, 0.25) is 0 Å². The summed E-state index contributed by atoms with van der Waals surface area (Å²) in [4.78, 5) is 6.33. The smallest absolute Gasteiger partial charge is 0.0312 e. The van der Waals surface area contributed by atoms with Gasteiger partial charge in [-0.1, -0.05) is 13.0 Å². The van der Waals surface area contributed by atoms with Crippen LogP contribution in [0.1, 0.15) is 25.8 Å². The molecule has 0 amide bonds. The first-order valence-corrected chi connectivity index (χ1v) is 5.40. The van der Waals surface area contributed by atoms with Crippen LogP contribution >= 0.6 is 0 Å². The molecule has 15 heavy (non-hydrogen) atoms. The van der Waals surface area contributed by atoms with Crippen LogP contribution < -0.4 is 5.73 Å². The molecule has 0 saturated heterocycles. The lowest BCUT2D eigenvalue weighted by Crippen LogP contribution is -2.45. The largest absolute Gasteiger partial charge is 0.324 e. The normalized spacial score (nSPS) is 15.3. The lowest BCUT2D eigenvalue weighted by atomic mass is 10.00. The van der Waals surface area contributed by atoms with Crippen LogP contribution in [0.15, 0.2) is 24.5 Å². The van der Waals surface area contributed by atoms with Gasteiger partial charge in [-0.25, -0.2) is 0 Å². The van der Waals surface area contributed by atoms with Gasteiger partial charge >= 0.3 is 0 Å². The van der Waals surface area contributed by atoms with Gasteiger partial charge in [0.25, 0.3) is 0 Å². The maximum atomic E-state index is 6.11. The van der Waals surface area contributed by atoms with Gasteiger partial charge in [0.05, 0.1) is 0 Å². The number of likely N-dealkylation sites (N-methyl/N-ethyl adjacent to an activating group) is 1. The molecule has 1 rings (SSSR count). The quantitative estimate of drug-likeness (QED) is 0.798. The molecule has 0 spiro atoms. The summed E-state index contributed by atoms with van der Waals surface area (Å²) >= 11 is 0. The third-order valence-corrected chi connectivity index (χ3v) is 2.61. The number of hydrogen-bond acceptors (Lipinski definition) is 3. The van der Waals surface area contributed by atoms with Crippen LogP contribution in [0.5, 0.6) is 0 Å². The fraction of sp³-hybridized carbons (Fsp3) is 0.583. The predicted molar refractivity (Wildman–Crippen MR) is 63.5 cm³/mol. The van der Waals surface area contributed by atoms with Gasteiger partial charge in [-0.3, -0.25) is 4.98 Å². The van der Waals surface area contributed by atoms with Gasteiger partial charge in [0, 0.05) is 31.0 Å². The summed E-state index contributed by atoms with van der Waals surface area (Å²) in [7, 11) is 2.09. The van der Waals surface area contributed by atoms with E-state index in [1.807, 2.05) is 12.3 Å². The van der Waals surface area contributed by atoms with E-state index in [2.05, 4.69) is 36.8 Å². The molecule has 84 valence electrons. The maximum Gasteiger partial charge on any atom is 0.0312 e. The van der Waals surface area contributed by atoms with E-state index in [1.54, 1.807) is 6.20 Å². The molecule has 2 N–H and O–H groups in total. The monoisotopic (exact) mass is 207 g/mol. The molecule has 0 aromatic carbocycles. The topological polar surface area (TPSA) is 42.1 Å². The predicted octanol–water partition coefficient (Wildman–Crippen LogP) is 1.64. The summed E-state index contributed by atoms with van der Waals surface area (Å²) in [6.45, 7) is 6.02. The standard InChI is InChI=1S/C12H21N3/c1-4-12(2,13)10-15(3)9-11-6-5-7-14-8-11/h5-8H,4,9-10,13H2,1-3H3. The van der Waals surface area contributed by atoms with E-state index in [0.29, 0.717) is 0 Å². The van der Waals surface area contributed by atoms with Crippen molar-refractivity contribution in [3.05, 3.63) is 30.1 Å². The number of pyridine rings is 1. The first-order valence-electron chi connectivity index (χ1n) is 5.40. The molecule has 1 unspecified atom stereocenters. The lowest BCUT2D eigenvalue weighted by molar-refractivity contribution is 0.246. The van der Waals surface area contributed by atoms with Crippen LogP contribution in [0.25, 0.3) is 0 Å². The highest BCUT2D eigenvalue weighted by Gasteiger charge is 2.17. The van der Waals surface area contributed by atoms with Crippen LogP contribution in [0, 0.1) is 0 Å². The molecule has 1 aromatic rings. The molecule has 0 aliphatic rings. The van der Waals surface area contributed by atoms with Gasteiger partial charge in [0.15, 0.2) is 0 Å². The Morgan fingerprint density at radius 2 is 2.27 bits per heavy atom. The Bertz CT molecular complexity index is 282. The Balaban J connectivity index is 2.46. The second-order valence-corrected chi connectivity index (χ2v) is 4.54. The van der Waals surface area contributed by atoms with Crippen LogP contribution in [0.2, 0.25) is 0 Å². The molecule has 3 heteroatoms. The maximum absolute atomic E-state index is 6.11. The fourth-order valence-corrected chi connectivity index (χ4v) is 1.59. The van der Waals surface area contributed by atoms with Crippen molar-refractivity contribution in [1.29, 1.82) is 0 Å². The van der Waals surface area contributed by atoms with Crippen molar-refractivity contribution in [2.24, 2.45) is 5.73 Å². The second kappa shape index (κ2) is 5.24. The molecule has 1 heterocycles. The van der Waals surface area contributed by atoms with Crippen molar-refractivity contribution < 1.29 is 0 Å². The number of nitrogens with two attached hydrogens (primary N) is 1. The lowest BCUT2D eigenvalue weighted by Gasteiger charge is -2.29. The highest BCUT2D eigenvalue weighted by atomic mass is 15.1. The Morgan fingerprint density at radius 1 is 1.53 bits per heavy atom. The van der Waals surface area contributed by atoms with Crippen LogP contribution in [-0.4, -0.2) is 29.0 Å². The highest BCUT2D eigenvalue weighted by Crippen LogP contribution is 2.09. The molecule has 0 saturated carbocycles. The van der Waals surface area contributed by atoms with Crippen LogP contribution in [0.4, 0.5) is 0 Å². The minimum absolute atomic E-state index is 0.100. The summed E-state index contributed by atoms with van der Waals surface area (Å²) in [5, 5.41) is 0. The minimum Gasteiger partial charge on any atom is -0.324 e. The molecule has 0 aliphatic heterocycles. The Kier molecular flexibility index (Phi) is 4.24. The number of nitrogens with zero attached hydrogens (tertiary/aromatic N) is 2. The second-order valence-electron chi connectivity index (χ2n) is 4.54. The number of hydrogen-bond donors (Lipinski definition) is 1. The Morgan fingerprint density at radius 3 is 2.80 bits per heavy atom. The Labute approximate surface area is 92.3 Å². The van der Waals surface area contributed by atoms with Crippen LogP contribution in [-0.2, 0) is 6.54 Å². The summed E-state index contributed by atoms with van der Waals surface area (Å²) < 4.78 is 0. The molecule has 3 nitrogen and oxygen atoms in total. The molecule has 1 aromatic heterocycles. The van der Waals surface area contributed by atoms with Gasteiger partial charge in [-0.15, -0.1) is 0 Å². The average Bonchev–Trinajstić information content (AvgIpc) is 2.18. The first kappa shape index (κ1) is 12.1. The third kappa shape index (κ3) is 4.40. The molecular formula is C12H21N3. The zero-order valence-corrected chi connectivity index (χ0v) is 9.90. The molecule has 0 bridgehead atoms. The molecule has 0 radical (unpaired) electrons. The summed E-state index contributed by atoms with van der Waals surface area (Å²) in [5.41, 5.74) is 7.24. The summed E-state index contributed by atoms with van der Waals surface area (Å²) in [6, 6.07) is 4.05. The SMILES string of the molecule is CCC(C)(N)CN(C)Cc1cccnc1. The van der Waals surface area contributed by atoms with Crippen molar-refractivity contribution >= 4 is 0 Å². The summed E-state index contributed by atoms with van der Waals surface area (Å²) in [5.74, 6) is 0. The average molecular weight is 207 g/mol. The number of rotatable bonds is 5. The molecule has 0 fully saturated rings. The van der Waals surface area contributed by atoms with Crippen molar-refractivity contribution in [2.75, 3.05) is 13.6 Å². The van der Waals surface area contributed by atoms with Crippen molar-refractivity contribution in [1.82, 2.24) is 9.88 Å². The zero-order valence-electron chi connectivity index (χ0n) is 9.90. The van der Waals surface area contributed by atoms with Gasteiger partial charge < -0.3 is 10.6 Å². The molecular weight excluding hydrogens is 186 g/mol. The van der Waals surface area contributed by atoms with E-state index in [0.717, 1.165) is 19.5 Å². The van der Waals surface area contributed by atoms with Crippen molar-refractivity contribution in [3.63, 3.8) is 0 Å².